The minimum absolute atomic E-state index is 0.0264. The van der Waals surface area contributed by atoms with Crippen molar-refractivity contribution in [3.05, 3.63) is 59.7 Å². The van der Waals surface area contributed by atoms with Gasteiger partial charge in [0.05, 0.1) is 36.8 Å². The Kier molecular flexibility index (Phi) is 11.7. The molecule has 4 rings (SSSR count). The third kappa shape index (κ3) is 9.40. The molecule has 46 heavy (non-hydrogen) atoms. The molecule has 0 spiro atoms. The standard InChI is InChI=1S/C37H52F3NO5/c1-7-44-33(42)28-10-16-32(17-11-28)46-31-14-8-27(9-15-31)24-41(26-34(2,3)37(38,39)40)22-20-36(21-23-45-35(4,5)25-36)29-12-18-30(43-6)19-13-29/h8-9,12-15,18-19,28,32H,7,10-11,16-17,20-26H2,1-6H3/t28?,32?,36-/m1/s1. The number of methoxy groups -OCH3 is 1. The average molecular weight is 648 g/mol. The molecule has 1 heterocycles. The zero-order valence-corrected chi connectivity index (χ0v) is 28.4. The van der Waals surface area contributed by atoms with Gasteiger partial charge in [-0.2, -0.15) is 13.2 Å². The molecule has 1 saturated carbocycles. The van der Waals surface area contributed by atoms with Crippen molar-refractivity contribution in [2.45, 2.75) is 109 Å². The van der Waals surface area contributed by atoms with Gasteiger partial charge in [-0.05, 0) is 122 Å². The monoisotopic (exact) mass is 647 g/mol. The van der Waals surface area contributed by atoms with Gasteiger partial charge in [0, 0.05) is 25.1 Å². The number of carbonyl (C=O) groups excluding carboxylic acids is 1. The van der Waals surface area contributed by atoms with Crippen molar-refractivity contribution in [1.29, 1.82) is 0 Å². The maximum atomic E-state index is 14.1. The van der Waals surface area contributed by atoms with Gasteiger partial charge in [-0.15, -0.1) is 0 Å². The van der Waals surface area contributed by atoms with Crippen LogP contribution in [0.25, 0.3) is 0 Å². The van der Waals surface area contributed by atoms with Crippen LogP contribution in [0.2, 0.25) is 0 Å². The number of alkyl halides is 3. The minimum atomic E-state index is -4.33. The molecular formula is C37H52F3NO5. The molecular weight excluding hydrogens is 595 g/mol. The van der Waals surface area contributed by atoms with Gasteiger partial charge in [0.2, 0.25) is 0 Å². The number of benzene rings is 2. The van der Waals surface area contributed by atoms with Crippen molar-refractivity contribution in [2.24, 2.45) is 11.3 Å². The number of ether oxygens (including phenoxy) is 4. The molecule has 2 aliphatic rings. The molecule has 9 heteroatoms. The second-order valence-corrected chi connectivity index (χ2v) is 14.4. The maximum absolute atomic E-state index is 14.1. The van der Waals surface area contributed by atoms with Crippen molar-refractivity contribution < 1.29 is 36.9 Å². The van der Waals surface area contributed by atoms with Crippen LogP contribution in [0.5, 0.6) is 11.5 Å². The summed E-state index contributed by atoms with van der Waals surface area (Å²) in [5.41, 5.74) is -0.360. The fourth-order valence-electron chi connectivity index (χ4n) is 7.06. The van der Waals surface area contributed by atoms with Crippen molar-refractivity contribution >= 4 is 5.97 Å². The summed E-state index contributed by atoms with van der Waals surface area (Å²) in [5, 5.41) is 0. The van der Waals surface area contributed by atoms with Gasteiger partial charge in [0.1, 0.15) is 11.5 Å². The molecule has 2 fully saturated rings. The van der Waals surface area contributed by atoms with Gasteiger partial charge in [-0.3, -0.25) is 9.69 Å². The molecule has 1 saturated heterocycles. The molecule has 6 nitrogen and oxygen atoms in total. The highest BCUT2D eigenvalue weighted by Crippen LogP contribution is 2.45. The molecule has 0 unspecified atom stereocenters. The van der Waals surface area contributed by atoms with E-state index < -0.39 is 11.6 Å². The fourth-order valence-corrected chi connectivity index (χ4v) is 7.06. The first kappa shape index (κ1) is 36.1. The molecule has 0 bridgehead atoms. The minimum Gasteiger partial charge on any atom is -0.497 e. The van der Waals surface area contributed by atoms with Crippen LogP contribution in [0.4, 0.5) is 13.2 Å². The molecule has 0 radical (unpaired) electrons. The van der Waals surface area contributed by atoms with Crippen molar-refractivity contribution in [1.82, 2.24) is 4.90 Å². The lowest BCUT2D eigenvalue weighted by atomic mass is 9.67. The summed E-state index contributed by atoms with van der Waals surface area (Å²) >= 11 is 0. The van der Waals surface area contributed by atoms with Crippen molar-refractivity contribution in [2.75, 3.05) is 33.4 Å². The van der Waals surface area contributed by atoms with E-state index in [0.717, 1.165) is 61.2 Å². The Morgan fingerprint density at radius 2 is 1.61 bits per heavy atom. The van der Waals surface area contributed by atoms with Crippen LogP contribution in [0.15, 0.2) is 48.5 Å². The summed E-state index contributed by atoms with van der Waals surface area (Å²) in [5.74, 6) is 1.31. The van der Waals surface area contributed by atoms with Gasteiger partial charge in [0.25, 0.3) is 0 Å². The summed E-state index contributed by atoms with van der Waals surface area (Å²) in [6.07, 6.45) is 1.02. The van der Waals surface area contributed by atoms with Crippen molar-refractivity contribution in [3.8, 4) is 11.5 Å². The Morgan fingerprint density at radius 3 is 2.17 bits per heavy atom. The normalized spacial score (nSPS) is 23.6. The largest absolute Gasteiger partial charge is 0.497 e. The SMILES string of the molecule is CCOC(=O)C1CCC(Oc2ccc(CN(CC[C@@]3(c4ccc(OC)cc4)CCOC(C)(C)C3)CC(C)(C)C(F)(F)F)cc2)CC1. The first-order chi connectivity index (χ1) is 21.6. The van der Waals surface area contributed by atoms with Crippen LogP contribution in [-0.4, -0.2) is 62.2 Å². The maximum Gasteiger partial charge on any atom is 0.395 e. The second-order valence-electron chi connectivity index (χ2n) is 14.4. The quantitative estimate of drug-likeness (QED) is 0.203. The molecule has 0 aromatic heterocycles. The van der Waals surface area contributed by atoms with Crippen LogP contribution in [0.3, 0.4) is 0 Å². The van der Waals surface area contributed by atoms with E-state index in [1.807, 2.05) is 48.2 Å². The van der Waals surface area contributed by atoms with Gasteiger partial charge in [0.15, 0.2) is 0 Å². The Hall–Kier alpha value is -2.78. The number of carbonyl (C=O) groups is 1. The van der Waals surface area contributed by atoms with E-state index in [1.165, 1.54) is 13.8 Å². The van der Waals surface area contributed by atoms with Crippen LogP contribution < -0.4 is 9.47 Å². The lowest BCUT2D eigenvalue weighted by Crippen LogP contribution is -2.47. The van der Waals surface area contributed by atoms with E-state index in [0.29, 0.717) is 32.7 Å². The number of nitrogens with zero attached hydrogens (tertiary/aromatic N) is 1. The fraction of sp³-hybridized carbons (Fsp3) is 0.649. The summed E-state index contributed by atoms with van der Waals surface area (Å²) in [7, 11) is 1.64. The Morgan fingerprint density at radius 1 is 0.978 bits per heavy atom. The van der Waals surface area contributed by atoms with Crippen LogP contribution in [-0.2, 0) is 26.2 Å². The summed E-state index contributed by atoms with van der Waals surface area (Å²) in [6.45, 7) is 10.3. The number of hydrogen-bond acceptors (Lipinski definition) is 6. The van der Waals surface area contributed by atoms with Crippen LogP contribution >= 0.6 is 0 Å². The first-order valence-electron chi connectivity index (χ1n) is 16.7. The average Bonchev–Trinajstić information content (AvgIpc) is 3.00. The zero-order chi connectivity index (χ0) is 33.6. The second kappa shape index (κ2) is 15.0. The molecule has 2 aromatic rings. The highest BCUT2D eigenvalue weighted by Gasteiger charge is 2.48. The Balaban J connectivity index is 1.47. The number of esters is 1. The molecule has 2 aromatic carbocycles. The van der Waals surface area contributed by atoms with E-state index in [1.54, 1.807) is 7.11 Å². The topological polar surface area (TPSA) is 57.2 Å². The third-order valence-electron chi connectivity index (χ3n) is 9.76. The van der Waals surface area contributed by atoms with E-state index in [-0.39, 0.29) is 35.6 Å². The number of halogens is 3. The van der Waals surface area contributed by atoms with Gasteiger partial charge < -0.3 is 18.9 Å². The number of hydrogen-bond donors (Lipinski definition) is 0. The zero-order valence-electron chi connectivity index (χ0n) is 28.4. The highest BCUT2D eigenvalue weighted by atomic mass is 19.4. The Bertz CT molecular complexity index is 1250. The van der Waals surface area contributed by atoms with Gasteiger partial charge >= 0.3 is 12.1 Å². The Labute approximate surface area is 272 Å². The highest BCUT2D eigenvalue weighted by molar-refractivity contribution is 5.72. The smallest absolute Gasteiger partial charge is 0.395 e. The lowest BCUT2D eigenvalue weighted by molar-refractivity contribution is -0.217. The van der Waals surface area contributed by atoms with E-state index >= 15 is 0 Å². The molecule has 1 aliphatic carbocycles. The molecule has 1 atom stereocenters. The van der Waals surface area contributed by atoms with Gasteiger partial charge in [-0.25, -0.2) is 0 Å². The van der Waals surface area contributed by atoms with Crippen molar-refractivity contribution in [3.63, 3.8) is 0 Å². The van der Waals surface area contributed by atoms with Crippen LogP contribution in [0, 0.1) is 11.3 Å². The number of rotatable bonds is 13. The van der Waals surface area contributed by atoms with E-state index in [4.69, 9.17) is 18.9 Å². The predicted molar refractivity (Wildman–Crippen MR) is 173 cm³/mol. The molecule has 256 valence electrons. The summed E-state index contributed by atoms with van der Waals surface area (Å²) in [6, 6.07) is 15.8. The van der Waals surface area contributed by atoms with E-state index in [2.05, 4.69) is 26.0 Å². The molecule has 0 N–H and O–H groups in total. The summed E-state index contributed by atoms with van der Waals surface area (Å²) < 4.78 is 65.2. The lowest BCUT2D eigenvalue weighted by Gasteiger charge is -2.46. The third-order valence-corrected chi connectivity index (χ3v) is 9.76. The first-order valence-corrected chi connectivity index (χ1v) is 16.7. The molecule has 0 amide bonds. The predicted octanol–water partition coefficient (Wildman–Crippen LogP) is 8.50. The summed E-state index contributed by atoms with van der Waals surface area (Å²) in [4.78, 5) is 14.0. The van der Waals surface area contributed by atoms with Gasteiger partial charge in [-0.1, -0.05) is 24.3 Å². The van der Waals surface area contributed by atoms with E-state index in [9.17, 15) is 18.0 Å². The van der Waals surface area contributed by atoms with Crippen LogP contribution in [0.1, 0.15) is 90.7 Å². The molecule has 1 aliphatic heterocycles.